The minimum atomic E-state index is -0.568. The predicted octanol–water partition coefficient (Wildman–Crippen LogP) is 13.5. The predicted molar refractivity (Wildman–Crippen MR) is 217 cm³/mol. The van der Waals surface area contributed by atoms with Gasteiger partial charge in [-0.05, 0) is 99.0 Å². The lowest BCUT2D eigenvalue weighted by atomic mass is 9.67. The normalized spacial score (nSPS) is 14.8. The molecule has 0 bridgehead atoms. The van der Waals surface area contributed by atoms with E-state index in [1.165, 1.54) is 50.1 Å². The van der Waals surface area contributed by atoms with Crippen molar-refractivity contribution in [2.75, 3.05) is 4.90 Å². The van der Waals surface area contributed by atoms with Crippen molar-refractivity contribution in [3.05, 3.63) is 235 Å². The standard InChI is InChI=1S/C50H39N/c1-3-4-8-17-37(2)50(42-22-13-7-14-23-42)48-25-16-15-24-46(48)47-35-34-45(36-49(47)50)51(43-30-26-40(27-31-43)38-18-9-5-10-19-38)44-32-28-41(29-33-44)39-20-11-6-12-21-39/h3-36H,2H2,1H3/b4-3-,17-8-. The highest BCUT2D eigenvalue weighted by atomic mass is 15.1. The topological polar surface area (TPSA) is 3.24 Å². The Balaban J connectivity index is 1.33. The molecule has 0 amide bonds. The monoisotopic (exact) mass is 653 g/mol. The first-order chi connectivity index (χ1) is 25.2. The van der Waals surface area contributed by atoms with Crippen LogP contribution in [0.1, 0.15) is 23.6 Å². The molecule has 0 saturated carbocycles. The van der Waals surface area contributed by atoms with Crippen LogP contribution in [-0.4, -0.2) is 0 Å². The fourth-order valence-corrected chi connectivity index (χ4v) is 7.66. The highest BCUT2D eigenvalue weighted by Gasteiger charge is 2.46. The van der Waals surface area contributed by atoms with Crippen LogP contribution in [0.3, 0.4) is 0 Å². The van der Waals surface area contributed by atoms with E-state index in [0.29, 0.717) is 0 Å². The summed E-state index contributed by atoms with van der Waals surface area (Å²) < 4.78 is 0. The summed E-state index contributed by atoms with van der Waals surface area (Å²) >= 11 is 0. The number of benzene rings is 7. The van der Waals surface area contributed by atoms with Gasteiger partial charge in [0.05, 0.1) is 5.41 Å². The summed E-state index contributed by atoms with van der Waals surface area (Å²) in [6.07, 6.45) is 8.40. The van der Waals surface area contributed by atoms with E-state index in [-0.39, 0.29) is 0 Å². The second kappa shape index (κ2) is 13.8. The van der Waals surface area contributed by atoms with Crippen LogP contribution in [0, 0.1) is 0 Å². The van der Waals surface area contributed by atoms with Gasteiger partial charge in [0.1, 0.15) is 0 Å². The van der Waals surface area contributed by atoms with E-state index in [1.807, 2.05) is 6.92 Å². The van der Waals surface area contributed by atoms with Gasteiger partial charge in [-0.1, -0.05) is 176 Å². The van der Waals surface area contributed by atoms with Gasteiger partial charge in [0.25, 0.3) is 0 Å². The van der Waals surface area contributed by atoms with E-state index < -0.39 is 5.41 Å². The number of hydrogen-bond acceptors (Lipinski definition) is 1. The molecule has 1 aliphatic carbocycles. The summed E-state index contributed by atoms with van der Waals surface area (Å²) in [6.45, 7) is 6.83. The molecular formula is C50H39N. The molecule has 0 N–H and O–H groups in total. The average molecular weight is 654 g/mol. The van der Waals surface area contributed by atoms with Crippen molar-refractivity contribution < 1.29 is 0 Å². The molecule has 7 aromatic carbocycles. The van der Waals surface area contributed by atoms with Crippen molar-refractivity contribution in [1.29, 1.82) is 0 Å². The largest absolute Gasteiger partial charge is 0.310 e. The van der Waals surface area contributed by atoms with E-state index in [1.54, 1.807) is 0 Å². The molecule has 0 saturated heterocycles. The second-order valence-corrected chi connectivity index (χ2v) is 13.0. The molecule has 244 valence electrons. The average Bonchev–Trinajstić information content (AvgIpc) is 3.50. The lowest BCUT2D eigenvalue weighted by Crippen LogP contribution is -2.28. The van der Waals surface area contributed by atoms with E-state index >= 15 is 0 Å². The summed E-state index contributed by atoms with van der Waals surface area (Å²) in [5.74, 6) is 0. The number of allylic oxidation sites excluding steroid dienone is 5. The Kier molecular flexibility index (Phi) is 8.62. The third-order valence-electron chi connectivity index (χ3n) is 10.0. The minimum absolute atomic E-state index is 0.568. The molecule has 1 heteroatoms. The Morgan fingerprint density at radius 1 is 0.471 bits per heavy atom. The Labute approximate surface area is 301 Å². The number of nitrogens with zero attached hydrogens (tertiary/aromatic N) is 1. The van der Waals surface area contributed by atoms with Gasteiger partial charge in [0.2, 0.25) is 0 Å². The Morgan fingerprint density at radius 2 is 0.941 bits per heavy atom. The summed E-state index contributed by atoms with van der Waals surface area (Å²) in [4.78, 5) is 2.38. The Morgan fingerprint density at radius 3 is 1.51 bits per heavy atom. The molecule has 0 fully saturated rings. The van der Waals surface area contributed by atoms with Crippen molar-refractivity contribution in [2.24, 2.45) is 0 Å². The van der Waals surface area contributed by atoms with Gasteiger partial charge >= 0.3 is 0 Å². The SMILES string of the molecule is C=C(/C=C\C=C/C)C1(c2ccccc2)c2ccccc2-c2ccc(N(c3ccc(-c4ccccc4)cc3)c3ccc(-c4ccccc4)cc3)cc21. The van der Waals surface area contributed by atoms with E-state index in [9.17, 15) is 0 Å². The van der Waals surface area contributed by atoms with Crippen molar-refractivity contribution in [3.63, 3.8) is 0 Å². The summed E-state index contributed by atoms with van der Waals surface area (Å²) in [5.41, 5.74) is 14.7. The summed E-state index contributed by atoms with van der Waals surface area (Å²) in [6, 6.07) is 65.6. The zero-order chi connectivity index (χ0) is 34.6. The zero-order valence-corrected chi connectivity index (χ0v) is 28.8. The van der Waals surface area contributed by atoms with Gasteiger partial charge in [0.15, 0.2) is 0 Å². The summed E-state index contributed by atoms with van der Waals surface area (Å²) in [5, 5.41) is 0. The van der Waals surface area contributed by atoms with Crippen LogP contribution in [0.2, 0.25) is 0 Å². The maximum absolute atomic E-state index is 4.79. The van der Waals surface area contributed by atoms with Gasteiger partial charge in [-0.15, -0.1) is 0 Å². The second-order valence-electron chi connectivity index (χ2n) is 13.0. The van der Waals surface area contributed by atoms with Crippen LogP contribution in [0.4, 0.5) is 17.1 Å². The first-order valence-corrected chi connectivity index (χ1v) is 17.6. The quantitative estimate of drug-likeness (QED) is 0.140. The fourth-order valence-electron chi connectivity index (χ4n) is 7.66. The van der Waals surface area contributed by atoms with Crippen LogP contribution in [0.15, 0.2) is 218 Å². The molecule has 0 aliphatic heterocycles. The molecule has 51 heavy (non-hydrogen) atoms. The molecule has 7 aromatic rings. The van der Waals surface area contributed by atoms with E-state index in [0.717, 1.165) is 22.6 Å². The summed E-state index contributed by atoms with van der Waals surface area (Å²) in [7, 11) is 0. The fraction of sp³-hybridized carbons (Fsp3) is 0.0400. The van der Waals surface area contributed by atoms with Crippen molar-refractivity contribution in [1.82, 2.24) is 0 Å². The first-order valence-electron chi connectivity index (χ1n) is 17.6. The molecule has 0 aromatic heterocycles. The lowest BCUT2D eigenvalue weighted by Gasteiger charge is -2.35. The van der Waals surface area contributed by atoms with Crippen LogP contribution < -0.4 is 4.90 Å². The van der Waals surface area contributed by atoms with Crippen molar-refractivity contribution in [3.8, 4) is 33.4 Å². The molecule has 0 heterocycles. The highest BCUT2D eigenvalue weighted by molar-refractivity contribution is 5.90. The molecule has 1 aliphatic rings. The van der Waals surface area contributed by atoms with Gasteiger partial charge in [-0.25, -0.2) is 0 Å². The molecule has 0 radical (unpaired) electrons. The van der Waals surface area contributed by atoms with E-state index in [4.69, 9.17) is 6.58 Å². The number of rotatable bonds is 9. The van der Waals surface area contributed by atoms with Crippen LogP contribution >= 0.6 is 0 Å². The van der Waals surface area contributed by atoms with Crippen LogP contribution in [-0.2, 0) is 5.41 Å². The maximum Gasteiger partial charge on any atom is 0.0708 e. The third-order valence-corrected chi connectivity index (χ3v) is 10.0. The number of fused-ring (bicyclic) bond motifs is 3. The molecule has 8 rings (SSSR count). The van der Waals surface area contributed by atoms with Crippen molar-refractivity contribution in [2.45, 2.75) is 12.3 Å². The zero-order valence-electron chi connectivity index (χ0n) is 28.8. The number of anilines is 3. The van der Waals surface area contributed by atoms with Crippen molar-refractivity contribution >= 4 is 17.1 Å². The molecule has 1 unspecified atom stereocenters. The Hall–Kier alpha value is -6.44. The minimum Gasteiger partial charge on any atom is -0.310 e. The van der Waals surface area contributed by atoms with Gasteiger partial charge < -0.3 is 4.90 Å². The van der Waals surface area contributed by atoms with Crippen LogP contribution in [0.25, 0.3) is 33.4 Å². The molecule has 1 nitrogen and oxygen atoms in total. The molecule has 1 atom stereocenters. The number of hydrogen-bond donors (Lipinski definition) is 0. The smallest absolute Gasteiger partial charge is 0.0708 e. The third kappa shape index (κ3) is 5.73. The first kappa shape index (κ1) is 31.8. The highest BCUT2D eigenvalue weighted by Crippen LogP contribution is 2.57. The maximum atomic E-state index is 4.79. The van der Waals surface area contributed by atoms with Gasteiger partial charge in [0, 0.05) is 17.1 Å². The molecule has 0 spiro atoms. The van der Waals surface area contributed by atoms with Gasteiger partial charge in [-0.3, -0.25) is 0 Å². The van der Waals surface area contributed by atoms with Crippen LogP contribution in [0.5, 0.6) is 0 Å². The Bertz CT molecular complexity index is 2270. The molecular weight excluding hydrogens is 615 g/mol. The lowest BCUT2D eigenvalue weighted by molar-refractivity contribution is 0.770. The van der Waals surface area contributed by atoms with Gasteiger partial charge in [-0.2, -0.15) is 0 Å². The van der Waals surface area contributed by atoms with E-state index in [2.05, 4.69) is 211 Å².